The molecule has 1 atom stereocenters. The summed E-state index contributed by atoms with van der Waals surface area (Å²) in [5.41, 5.74) is 7.17. The van der Waals surface area contributed by atoms with Crippen LogP contribution in [0.5, 0.6) is 5.75 Å². The molecule has 0 aliphatic carbocycles. The van der Waals surface area contributed by atoms with Crippen LogP contribution in [0.4, 0.5) is 0 Å². The fraction of sp³-hybridized carbons (Fsp3) is 0.625. The summed E-state index contributed by atoms with van der Waals surface area (Å²) in [6, 6.07) is 8.62. The van der Waals surface area contributed by atoms with Gasteiger partial charge < -0.3 is 15.6 Å². The van der Waals surface area contributed by atoms with Crippen LogP contribution in [0.3, 0.4) is 0 Å². The molecule has 0 bridgehead atoms. The molecule has 1 rings (SSSR count). The zero-order valence-corrected chi connectivity index (χ0v) is 12.9. The Morgan fingerprint density at radius 2 is 1.80 bits per heavy atom. The molecule has 3 N–H and O–H groups in total. The van der Waals surface area contributed by atoms with Crippen LogP contribution < -0.4 is 10.5 Å². The van der Waals surface area contributed by atoms with Crippen LogP contribution in [0, 0.1) is 0 Å². The lowest BCUT2D eigenvalue weighted by Gasteiger charge is -2.37. The van der Waals surface area contributed by atoms with E-state index in [1.165, 1.54) is 5.56 Å². The second kappa shape index (κ2) is 8.95. The van der Waals surface area contributed by atoms with E-state index in [-0.39, 0.29) is 12.6 Å². The third-order valence-electron chi connectivity index (χ3n) is 3.89. The number of nitrogens with zero attached hydrogens (tertiary/aromatic N) is 1. The summed E-state index contributed by atoms with van der Waals surface area (Å²) >= 11 is 0. The first-order valence-electron chi connectivity index (χ1n) is 7.42. The summed E-state index contributed by atoms with van der Waals surface area (Å²) in [7, 11) is 1.66. The van der Waals surface area contributed by atoms with Crippen molar-refractivity contribution in [3.05, 3.63) is 29.8 Å². The highest BCUT2D eigenvalue weighted by Gasteiger charge is 2.24. The first-order chi connectivity index (χ1) is 9.71. The van der Waals surface area contributed by atoms with Crippen LogP contribution in [0.1, 0.15) is 38.3 Å². The second-order valence-electron chi connectivity index (χ2n) is 4.96. The summed E-state index contributed by atoms with van der Waals surface area (Å²) in [6.07, 6.45) is 2.12. The van der Waals surface area contributed by atoms with E-state index in [1.54, 1.807) is 7.11 Å². The molecule has 1 aromatic carbocycles. The fourth-order valence-electron chi connectivity index (χ4n) is 2.76. The third-order valence-corrected chi connectivity index (χ3v) is 3.89. The van der Waals surface area contributed by atoms with Crippen molar-refractivity contribution in [3.8, 4) is 5.75 Å². The van der Waals surface area contributed by atoms with Gasteiger partial charge >= 0.3 is 0 Å². The Bertz CT molecular complexity index is 363. The molecule has 0 amide bonds. The minimum absolute atomic E-state index is 0.137. The lowest BCUT2D eigenvalue weighted by atomic mass is 10.0. The van der Waals surface area contributed by atoms with Crippen molar-refractivity contribution in [2.24, 2.45) is 5.73 Å². The molecule has 0 heterocycles. The summed E-state index contributed by atoms with van der Waals surface area (Å²) in [5.74, 6) is 0.848. The highest BCUT2D eigenvalue weighted by atomic mass is 16.5. The number of ether oxygens (including phenoxy) is 1. The summed E-state index contributed by atoms with van der Waals surface area (Å²) in [4.78, 5) is 2.32. The zero-order valence-electron chi connectivity index (χ0n) is 12.9. The third kappa shape index (κ3) is 4.20. The monoisotopic (exact) mass is 280 g/mol. The number of hydrogen-bond donors (Lipinski definition) is 2. The van der Waals surface area contributed by atoms with E-state index < -0.39 is 0 Å². The maximum Gasteiger partial charge on any atom is 0.118 e. The topological polar surface area (TPSA) is 58.7 Å². The Balaban J connectivity index is 2.98. The number of methoxy groups -OCH3 is 1. The molecule has 1 unspecified atom stereocenters. The number of aliphatic hydroxyl groups excluding tert-OH is 1. The maximum atomic E-state index is 9.35. The highest BCUT2D eigenvalue weighted by Crippen LogP contribution is 2.26. The summed E-state index contributed by atoms with van der Waals surface area (Å²) < 4.78 is 5.20. The van der Waals surface area contributed by atoms with Gasteiger partial charge in [0.2, 0.25) is 0 Å². The first-order valence-corrected chi connectivity index (χ1v) is 7.42. The Morgan fingerprint density at radius 1 is 1.20 bits per heavy atom. The van der Waals surface area contributed by atoms with Gasteiger partial charge in [-0.2, -0.15) is 0 Å². The van der Waals surface area contributed by atoms with Gasteiger partial charge in [0.05, 0.1) is 13.7 Å². The van der Waals surface area contributed by atoms with E-state index in [0.717, 1.165) is 18.6 Å². The molecular weight excluding hydrogens is 252 g/mol. The number of hydrogen-bond acceptors (Lipinski definition) is 4. The highest BCUT2D eigenvalue weighted by molar-refractivity contribution is 5.29. The molecule has 4 nitrogen and oxygen atoms in total. The lowest BCUT2D eigenvalue weighted by Crippen LogP contribution is -2.42. The van der Waals surface area contributed by atoms with Gasteiger partial charge in [-0.3, -0.25) is 4.90 Å². The van der Waals surface area contributed by atoms with Crippen LogP contribution in [-0.2, 0) is 0 Å². The van der Waals surface area contributed by atoms with Crippen molar-refractivity contribution in [1.82, 2.24) is 4.90 Å². The minimum atomic E-state index is 0.137. The van der Waals surface area contributed by atoms with Crippen LogP contribution >= 0.6 is 0 Å². The smallest absolute Gasteiger partial charge is 0.118 e. The molecule has 20 heavy (non-hydrogen) atoms. The molecular formula is C16H28N2O2. The van der Waals surface area contributed by atoms with Crippen LogP contribution in [-0.4, -0.2) is 42.9 Å². The Labute approximate surface area is 122 Å². The van der Waals surface area contributed by atoms with E-state index in [2.05, 4.69) is 30.9 Å². The number of aliphatic hydroxyl groups is 1. The molecule has 0 aliphatic rings. The van der Waals surface area contributed by atoms with E-state index >= 15 is 0 Å². The van der Waals surface area contributed by atoms with Crippen LogP contribution in [0.2, 0.25) is 0 Å². The minimum Gasteiger partial charge on any atom is -0.497 e. The van der Waals surface area contributed by atoms with Gasteiger partial charge in [-0.1, -0.05) is 26.0 Å². The van der Waals surface area contributed by atoms with Crippen molar-refractivity contribution in [2.75, 3.05) is 26.8 Å². The van der Waals surface area contributed by atoms with Gasteiger partial charge in [0.25, 0.3) is 0 Å². The van der Waals surface area contributed by atoms with Crippen LogP contribution in [0.15, 0.2) is 24.3 Å². The SMILES string of the molecule is CCC(CC)N(CCO)C(CN)c1ccc(OC)cc1. The average molecular weight is 280 g/mol. The molecule has 0 spiro atoms. The quantitative estimate of drug-likeness (QED) is 0.728. The van der Waals surface area contributed by atoms with Gasteiger partial charge in [0, 0.05) is 25.2 Å². The van der Waals surface area contributed by atoms with Crippen molar-refractivity contribution < 1.29 is 9.84 Å². The average Bonchev–Trinajstić information content (AvgIpc) is 2.50. The predicted molar refractivity (Wildman–Crippen MR) is 83.0 cm³/mol. The van der Waals surface area contributed by atoms with Crippen LogP contribution in [0.25, 0.3) is 0 Å². The van der Waals surface area contributed by atoms with Gasteiger partial charge in [-0.15, -0.1) is 0 Å². The van der Waals surface area contributed by atoms with Crippen molar-refractivity contribution in [1.29, 1.82) is 0 Å². The molecule has 1 aromatic rings. The van der Waals surface area contributed by atoms with Gasteiger partial charge in [-0.05, 0) is 30.5 Å². The van der Waals surface area contributed by atoms with Gasteiger partial charge in [-0.25, -0.2) is 0 Å². The number of benzene rings is 1. The van der Waals surface area contributed by atoms with E-state index in [4.69, 9.17) is 10.5 Å². The second-order valence-corrected chi connectivity index (χ2v) is 4.96. The molecule has 0 aliphatic heterocycles. The predicted octanol–water partition coefficient (Wildman–Crippen LogP) is 2.18. The van der Waals surface area contributed by atoms with E-state index in [1.807, 2.05) is 12.1 Å². The standard InChI is InChI=1S/C16H28N2O2/c1-4-14(5-2)18(10-11-19)16(12-17)13-6-8-15(20-3)9-7-13/h6-9,14,16,19H,4-5,10-12,17H2,1-3H3. The van der Waals surface area contributed by atoms with Gasteiger partial charge in [0.1, 0.15) is 5.75 Å². The van der Waals surface area contributed by atoms with E-state index in [0.29, 0.717) is 19.1 Å². The van der Waals surface area contributed by atoms with Crippen molar-refractivity contribution in [3.63, 3.8) is 0 Å². The Kier molecular flexibility index (Phi) is 7.59. The lowest BCUT2D eigenvalue weighted by molar-refractivity contribution is 0.0995. The maximum absolute atomic E-state index is 9.35. The van der Waals surface area contributed by atoms with Gasteiger partial charge in [0.15, 0.2) is 0 Å². The normalized spacial score (nSPS) is 12.9. The number of rotatable bonds is 9. The summed E-state index contributed by atoms with van der Waals surface area (Å²) in [5, 5.41) is 9.35. The van der Waals surface area contributed by atoms with Crippen molar-refractivity contribution in [2.45, 2.75) is 38.8 Å². The van der Waals surface area contributed by atoms with Crippen molar-refractivity contribution >= 4 is 0 Å². The molecule has 0 radical (unpaired) electrons. The molecule has 0 saturated carbocycles. The van der Waals surface area contributed by atoms with E-state index in [9.17, 15) is 5.11 Å². The fourth-order valence-corrected chi connectivity index (χ4v) is 2.76. The molecule has 114 valence electrons. The zero-order chi connectivity index (χ0) is 15.0. The Hall–Kier alpha value is -1.10. The molecule has 0 fully saturated rings. The first kappa shape index (κ1) is 17.0. The summed E-state index contributed by atoms with van der Waals surface area (Å²) in [6.45, 7) is 5.71. The number of nitrogens with two attached hydrogens (primary N) is 1. The largest absolute Gasteiger partial charge is 0.497 e. The molecule has 4 heteroatoms. The Morgan fingerprint density at radius 3 is 2.20 bits per heavy atom. The molecule has 0 aromatic heterocycles. The molecule has 0 saturated heterocycles.